The predicted octanol–water partition coefficient (Wildman–Crippen LogP) is 2.61. The highest BCUT2D eigenvalue weighted by molar-refractivity contribution is 5.74. The van der Waals surface area contributed by atoms with Gasteiger partial charge in [-0.05, 0) is 33.4 Å². The van der Waals surface area contributed by atoms with Crippen molar-refractivity contribution in [2.24, 2.45) is 5.41 Å². The monoisotopic (exact) mass is 215 g/mol. The van der Waals surface area contributed by atoms with Crippen LogP contribution in [0.15, 0.2) is 0 Å². The summed E-state index contributed by atoms with van der Waals surface area (Å²) in [5, 5.41) is 9.13. The van der Waals surface area contributed by atoms with E-state index in [0.29, 0.717) is 13.0 Å². The highest BCUT2D eigenvalue weighted by Gasteiger charge is 2.31. The van der Waals surface area contributed by atoms with Crippen LogP contribution >= 0.6 is 0 Å². The van der Waals surface area contributed by atoms with Crippen molar-refractivity contribution in [3.05, 3.63) is 0 Å². The molecule has 0 radical (unpaired) electrons. The number of carbonyl (C=O) groups is 1. The molecule has 0 aromatic heterocycles. The normalized spacial score (nSPS) is 15.3. The van der Waals surface area contributed by atoms with Crippen LogP contribution in [0.3, 0.4) is 0 Å². The van der Waals surface area contributed by atoms with E-state index in [1.54, 1.807) is 0 Å². The van der Waals surface area contributed by atoms with Crippen molar-refractivity contribution in [2.45, 2.75) is 46.5 Å². The molecular formula is C12H25NO2. The summed E-state index contributed by atoms with van der Waals surface area (Å²) in [5.41, 5.74) is -0.596. The Kier molecular flexibility index (Phi) is 6.57. The minimum Gasteiger partial charge on any atom is -0.481 e. The van der Waals surface area contributed by atoms with Gasteiger partial charge in [-0.3, -0.25) is 4.79 Å². The molecule has 0 saturated carbocycles. The molecule has 0 aromatic rings. The van der Waals surface area contributed by atoms with Crippen LogP contribution in [0, 0.1) is 5.41 Å². The number of carboxylic acids is 1. The van der Waals surface area contributed by atoms with E-state index in [2.05, 4.69) is 11.8 Å². The Labute approximate surface area is 93.5 Å². The fourth-order valence-electron chi connectivity index (χ4n) is 1.64. The van der Waals surface area contributed by atoms with Gasteiger partial charge in [0.2, 0.25) is 0 Å². The maximum Gasteiger partial charge on any atom is 0.310 e. The Bertz CT molecular complexity index is 194. The van der Waals surface area contributed by atoms with E-state index < -0.39 is 11.4 Å². The van der Waals surface area contributed by atoms with Gasteiger partial charge in [-0.2, -0.15) is 0 Å². The van der Waals surface area contributed by atoms with Gasteiger partial charge in [0, 0.05) is 6.54 Å². The summed E-state index contributed by atoms with van der Waals surface area (Å²) < 4.78 is 0. The summed E-state index contributed by atoms with van der Waals surface area (Å²) in [5.74, 6) is -0.688. The first-order valence-electron chi connectivity index (χ1n) is 5.88. The molecule has 1 atom stereocenters. The lowest BCUT2D eigenvalue weighted by atomic mass is 9.87. The summed E-state index contributed by atoms with van der Waals surface area (Å²) in [4.78, 5) is 13.2. The molecule has 0 spiro atoms. The SMILES string of the molecule is CCCCCN(C)CC(C)(CC)C(=O)O. The van der Waals surface area contributed by atoms with Crippen molar-refractivity contribution >= 4 is 5.97 Å². The number of unbranched alkanes of at least 4 members (excludes halogenated alkanes) is 2. The number of hydrogen-bond donors (Lipinski definition) is 1. The second kappa shape index (κ2) is 6.83. The molecule has 0 fully saturated rings. The van der Waals surface area contributed by atoms with Gasteiger partial charge in [-0.1, -0.05) is 26.7 Å². The summed E-state index contributed by atoms with van der Waals surface area (Å²) in [6, 6.07) is 0. The van der Waals surface area contributed by atoms with Gasteiger partial charge < -0.3 is 10.0 Å². The standard InChI is InChI=1S/C12H25NO2/c1-5-7-8-9-13(4)10-12(3,6-2)11(14)15/h5-10H2,1-4H3,(H,14,15). The molecule has 0 rings (SSSR count). The fraction of sp³-hybridized carbons (Fsp3) is 0.917. The van der Waals surface area contributed by atoms with Crippen molar-refractivity contribution in [2.75, 3.05) is 20.1 Å². The third kappa shape index (κ3) is 5.17. The third-order valence-corrected chi connectivity index (χ3v) is 3.06. The Hall–Kier alpha value is -0.570. The molecule has 0 bridgehead atoms. The molecule has 0 saturated heterocycles. The van der Waals surface area contributed by atoms with Crippen LogP contribution in [-0.4, -0.2) is 36.1 Å². The molecule has 0 aliphatic heterocycles. The van der Waals surface area contributed by atoms with E-state index in [0.717, 1.165) is 13.0 Å². The van der Waals surface area contributed by atoms with Gasteiger partial charge in [0.05, 0.1) is 5.41 Å². The van der Waals surface area contributed by atoms with Crippen LogP contribution in [0.2, 0.25) is 0 Å². The predicted molar refractivity (Wildman–Crippen MR) is 63.1 cm³/mol. The highest BCUT2D eigenvalue weighted by Crippen LogP contribution is 2.22. The van der Waals surface area contributed by atoms with E-state index in [9.17, 15) is 4.79 Å². The molecule has 0 aliphatic carbocycles. The minimum absolute atomic E-state index is 0.596. The van der Waals surface area contributed by atoms with Gasteiger partial charge in [0.15, 0.2) is 0 Å². The maximum absolute atomic E-state index is 11.1. The lowest BCUT2D eigenvalue weighted by Gasteiger charge is -2.29. The molecule has 1 unspecified atom stereocenters. The van der Waals surface area contributed by atoms with Crippen molar-refractivity contribution in [3.63, 3.8) is 0 Å². The second-order valence-electron chi connectivity index (χ2n) is 4.66. The summed E-state index contributed by atoms with van der Waals surface area (Å²) in [6.45, 7) is 7.58. The molecule has 3 heteroatoms. The quantitative estimate of drug-likeness (QED) is 0.633. The average molecular weight is 215 g/mol. The second-order valence-corrected chi connectivity index (χ2v) is 4.66. The summed E-state index contributed by atoms with van der Waals surface area (Å²) in [7, 11) is 2.01. The fourth-order valence-corrected chi connectivity index (χ4v) is 1.64. The highest BCUT2D eigenvalue weighted by atomic mass is 16.4. The van der Waals surface area contributed by atoms with E-state index in [1.165, 1.54) is 12.8 Å². The zero-order chi connectivity index (χ0) is 11.9. The van der Waals surface area contributed by atoms with Crippen molar-refractivity contribution in [3.8, 4) is 0 Å². The first-order chi connectivity index (χ1) is 6.96. The van der Waals surface area contributed by atoms with E-state index in [-0.39, 0.29) is 0 Å². The van der Waals surface area contributed by atoms with Crippen LogP contribution in [0.1, 0.15) is 46.5 Å². The minimum atomic E-state index is -0.688. The average Bonchev–Trinajstić information content (AvgIpc) is 2.17. The zero-order valence-corrected chi connectivity index (χ0v) is 10.5. The van der Waals surface area contributed by atoms with E-state index in [4.69, 9.17) is 5.11 Å². The van der Waals surface area contributed by atoms with Crippen LogP contribution in [0.25, 0.3) is 0 Å². The Morgan fingerprint density at radius 2 is 1.93 bits per heavy atom. The third-order valence-electron chi connectivity index (χ3n) is 3.06. The number of nitrogens with zero attached hydrogens (tertiary/aromatic N) is 1. The molecule has 90 valence electrons. The van der Waals surface area contributed by atoms with Crippen LogP contribution in [0.4, 0.5) is 0 Å². The van der Waals surface area contributed by atoms with Crippen LogP contribution in [0.5, 0.6) is 0 Å². The Morgan fingerprint density at radius 3 is 2.33 bits per heavy atom. The molecule has 0 aromatic carbocycles. The number of aliphatic carboxylic acids is 1. The molecular weight excluding hydrogens is 190 g/mol. The van der Waals surface area contributed by atoms with E-state index >= 15 is 0 Å². The smallest absolute Gasteiger partial charge is 0.310 e. The topological polar surface area (TPSA) is 40.5 Å². The molecule has 0 heterocycles. The Morgan fingerprint density at radius 1 is 1.33 bits per heavy atom. The lowest BCUT2D eigenvalue weighted by Crippen LogP contribution is -2.39. The van der Waals surface area contributed by atoms with Gasteiger partial charge >= 0.3 is 5.97 Å². The largest absolute Gasteiger partial charge is 0.481 e. The molecule has 3 nitrogen and oxygen atoms in total. The van der Waals surface area contributed by atoms with Crippen molar-refractivity contribution < 1.29 is 9.90 Å². The number of rotatable bonds is 8. The number of hydrogen-bond acceptors (Lipinski definition) is 2. The van der Waals surface area contributed by atoms with Gasteiger partial charge in [-0.25, -0.2) is 0 Å². The molecule has 0 aliphatic rings. The molecule has 0 amide bonds. The van der Waals surface area contributed by atoms with Crippen molar-refractivity contribution in [1.82, 2.24) is 4.90 Å². The first kappa shape index (κ1) is 14.4. The zero-order valence-electron chi connectivity index (χ0n) is 10.5. The van der Waals surface area contributed by atoms with Gasteiger partial charge in [0.25, 0.3) is 0 Å². The van der Waals surface area contributed by atoms with Crippen LogP contribution < -0.4 is 0 Å². The molecule has 15 heavy (non-hydrogen) atoms. The van der Waals surface area contributed by atoms with E-state index in [1.807, 2.05) is 20.9 Å². The van der Waals surface area contributed by atoms with Crippen LogP contribution in [-0.2, 0) is 4.79 Å². The lowest BCUT2D eigenvalue weighted by molar-refractivity contribution is -0.149. The Balaban J connectivity index is 4.01. The summed E-state index contributed by atoms with van der Waals surface area (Å²) in [6.07, 6.45) is 4.27. The maximum atomic E-state index is 11.1. The van der Waals surface area contributed by atoms with Gasteiger partial charge in [0.1, 0.15) is 0 Å². The summed E-state index contributed by atoms with van der Waals surface area (Å²) >= 11 is 0. The first-order valence-corrected chi connectivity index (χ1v) is 5.88. The van der Waals surface area contributed by atoms with Crippen molar-refractivity contribution in [1.29, 1.82) is 0 Å². The number of carboxylic acid groups (broad SMARTS) is 1. The molecule has 1 N–H and O–H groups in total. The van der Waals surface area contributed by atoms with Gasteiger partial charge in [-0.15, -0.1) is 0 Å².